The number of rotatable bonds is 3. The zero-order valence-corrected chi connectivity index (χ0v) is 12.8. The Hall–Kier alpha value is -2.20. The molecule has 2 aromatic rings. The standard InChI is InChI=1S/C19H19FN2O/c20-14-7-5-13(6-8-14)19(9-10-19)18(23)22-16-11-12-3-1-2-4-15(12)17(16)21/h1-8,16-17H,9-11,21H2,(H,22,23). The van der Waals surface area contributed by atoms with Crippen molar-refractivity contribution in [3.63, 3.8) is 0 Å². The Balaban J connectivity index is 1.52. The molecule has 4 rings (SSSR count). The number of halogens is 1. The van der Waals surface area contributed by atoms with Gasteiger partial charge in [0.25, 0.3) is 0 Å². The molecule has 23 heavy (non-hydrogen) atoms. The molecular formula is C19H19FN2O. The van der Waals surface area contributed by atoms with Gasteiger partial charge in [-0.05, 0) is 48.1 Å². The molecule has 0 bridgehead atoms. The predicted octanol–water partition coefficient (Wildman–Crippen LogP) is 2.60. The largest absolute Gasteiger partial charge is 0.350 e. The van der Waals surface area contributed by atoms with Gasteiger partial charge in [0.15, 0.2) is 0 Å². The van der Waals surface area contributed by atoms with E-state index >= 15 is 0 Å². The van der Waals surface area contributed by atoms with Crippen molar-refractivity contribution in [2.24, 2.45) is 5.73 Å². The van der Waals surface area contributed by atoms with Crippen LogP contribution in [0, 0.1) is 5.82 Å². The van der Waals surface area contributed by atoms with Crippen LogP contribution in [0.5, 0.6) is 0 Å². The Morgan fingerprint density at radius 1 is 1.13 bits per heavy atom. The van der Waals surface area contributed by atoms with Gasteiger partial charge in [-0.3, -0.25) is 4.79 Å². The molecule has 0 spiro atoms. The molecule has 0 saturated heterocycles. The van der Waals surface area contributed by atoms with Crippen LogP contribution >= 0.6 is 0 Å². The highest BCUT2D eigenvalue weighted by Gasteiger charge is 2.52. The average Bonchev–Trinajstić information content (AvgIpc) is 3.31. The van der Waals surface area contributed by atoms with Crippen LogP contribution in [-0.4, -0.2) is 11.9 Å². The minimum atomic E-state index is -0.498. The maximum Gasteiger partial charge on any atom is 0.230 e. The lowest BCUT2D eigenvalue weighted by molar-refractivity contribution is -0.124. The van der Waals surface area contributed by atoms with Gasteiger partial charge < -0.3 is 11.1 Å². The number of amides is 1. The van der Waals surface area contributed by atoms with Crippen LogP contribution in [0.25, 0.3) is 0 Å². The summed E-state index contributed by atoms with van der Waals surface area (Å²) in [6, 6.07) is 14.1. The van der Waals surface area contributed by atoms with Gasteiger partial charge in [-0.2, -0.15) is 0 Å². The van der Waals surface area contributed by atoms with E-state index in [0.29, 0.717) is 0 Å². The normalized spacial score (nSPS) is 24.1. The molecule has 4 heteroatoms. The topological polar surface area (TPSA) is 55.1 Å². The van der Waals surface area contributed by atoms with Crippen molar-refractivity contribution in [1.82, 2.24) is 5.32 Å². The fourth-order valence-corrected chi connectivity index (χ4v) is 3.61. The number of nitrogens with two attached hydrogens (primary N) is 1. The van der Waals surface area contributed by atoms with Crippen molar-refractivity contribution in [3.8, 4) is 0 Å². The molecule has 3 nitrogen and oxygen atoms in total. The highest BCUT2D eigenvalue weighted by atomic mass is 19.1. The van der Waals surface area contributed by atoms with Gasteiger partial charge >= 0.3 is 0 Å². The molecule has 1 amide bonds. The summed E-state index contributed by atoms with van der Waals surface area (Å²) < 4.78 is 13.1. The van der Waals surface area contributed by atoms with E-state index in [1.165, 1.54) is 17.7 Å². The first kappa shape index (κ1) is 14.4. The Labute approximate surface area is 134 Å². The zero-order chi connectivity index (χ0) is 16.0. The number of carbonyl (C=O) groups is 1. The van der Waals surface area contributed by atoms with E-state index < -0.39 is 5.41 Å². The molecule has 2 aromatic carbocycles. The fourth-order valence-electron chi connectivity index (χ4n) is 3.61. The lowest BCUT2D eigenvalue weighted by atomic mass is 9.94. The molecule has 0 radical (unpaired) electrons. The monoisotopic (exact) mass is 310 g/mol. The minimum absolute atomic E-state index is 0.0114. The second-order valence-electron chi connectivity index (χ2n) is 6.60. The van der Waals surface area contributed by atoms with Crippen molar-refractivity contribution < 1.29 is 9.18 Å². The molecule has 2 aliphatic carbocycles. The fraction of sp³-hybridized carbons (Fsp3) is 0.316. The Morgan fingerprint density at radius 3 is 2.48 bits per heavy atom. The maximum absolute atomic E-state index is 13.1. The van der Waals surface area contributed by atoms with Gasteiger partial charge in [-0.25, -0.2) is 4.39 Å². The second kappa shape index (κ2) is 5.17. The summed E-state index contributed by atoms with van der Waals surface area (Å²) in [5, 5.41) is 3.13. The molecule has 2 unspecified atom stereocenters. The summed E-state index contributed by atoms with van der Waals surface area (Å²) in [6.07, 6.45) is 2.38. The van der Waals surface area contributed by atoms with Crippen molar-refractivity contribution in [2.45, 2.75) is 36.8 Å². The van der Waals surface area contributed by atoms with Gasteiger partial charge in [-0.1, -0.05) is 36.4 Å². The number of hydrogen-bond acceptors (Lipinski definition) is 2. The second-order valence-corrected chi connectivity index (χ2v) is 6.60. The van der Waals surface area contributed by atoms with Crippen LogP contribution in [0.15, 0.2) is 48.5 Å². The van der Waals surface area contributed by atoms with Crippen molar-refractivity contribution in [3.05, 3.63) is 71.0 Å². The maximum atomic E-state index is 13.1. The molecule has 2 atom stereocenters. The van der Waals surface area contributed by atoms with Crippen LogP contribution in [0.1, 0.15) is 35.6 Å². The minimum Gasteiger partial charge on any atom is -0.350 e. The summed E-state index contributed by atoms with van der Waals surface area (Å²) in [5.74, 6) is -0.268. The third-order valence-electron chi connectivity index (χ3n) is 5.19. The van der Waals surface area contributed by atoms with Crippen LogP contribution in [0.4, 0.5) is 4.39 Å². The summed E-state index contributed by atoms with van der Waals surface area (Å²) >= 11 is 0. The number of fused-ring (bicyclic) bond motifs is 1. The molecule has 3 N–H and O–H groups in total. The molecule has 0 aromatic heterocycles. The zero-order valence-electron chi connectivity index (χ0n) is 12.8. The average molecular weight is 310 g/mol. The summed E-state index contributed by atoms with van der Waals surface area (Å²) in [5.41, 5.74) is 9.01. The summed E-state index contributed by atoms with van der Waals surface area (Å²) in [6.45, 7) is 0. The Morgan fingerprint density at radius 2 is 1.83 bits per heavy atom. The van der Waals surface area contributed by atoms with E-state index in [-0.39, 0.29) is 23.8 Å². The lowest BCUT2D eigenvalue weighted by Crippen LogP contribution is -2.45. The number of nitrogens with one attached hydrogen (secondary N) is 1. The van der Waals surface area contributed by atoms with E-state index in [4.69, 9.17) is 5.73 Å². The lowest BCUT2D eigenvalue weighted by Gasteiger charge is -2.22. The highest BCUT2D eigenvalue weighted by molar-refractivity contribution is 5.91. The van der Waals surface area contributed by atoms with Gasteiger partial charge in [-0.15, -0.1) is 0 Å². The molecule has 1 saturated carbocycles. The summed E-state index contributed by atoms with van der Waals surface area (Å²) in [7, 11) is 0. The molecule has 0 aliphatic heterocycles. The van der Waals surface area contributed by atoms with Gasteiger partial charge in [0.05, 0.1) is 17.5 Å². The van der Waals surface area contributed by atoms with Gasteiger partial charge in [0.2, 0.25) is 5.91 Å². The number of hydrogen-bond donors (Lipinski definition) is 2. The van der Waals surface area contributed by atoms with Crippen LogP contribution < -0.4 is 11.1 Å². The smallest absolute Gasteiger partial charge is 0.230 e. The molecule has 1 fully saturated rings. The van der Waals surface area contributed by atoms with Crippen molar-refractivity contribution >= 4 is 5.91 Å². The molecule has 2 aliphatic rings. The van der Waals surface area contributed by atoms with Gasteiger partial charge in [0, 0.05) is 0 Å². The van der Waals surface area contributed by atoms with E-state index in [9.17, 15) is 9.18 Å². The first-order valence-electron chi connectivity index (χ1n) is 8.00. The Bertz CT molecular complexity index is 752. The van der Waals surface area contributed by atoms with Crippen molar-refractivity contribution in [1.29, 1.82) is 0 Å². The van der Waals surface area contributed by atoms with Crippen LogP contribution in [0.2, 0.25) is 0 Å². The van der Waals surface area contributed by atoms with Gasteiger partial charge in [0.1, 0.15) is 5.82 Å². The summed E-state index contributed by atoms with van der Waals surface area (Å²) in [4.78, 5) is 12.8. The first-order chi connectivity index (χ1) is 11.1. The van der Waals surface area contributed by atoms with E-state index in [1.807, 2.05) is 18.2 Å². The Kier molecular flexibility index (Phi) is 3.23. The van der Waals surface area contributed by atoms with Crippen LogP contribution in [-0.2, 0) is 16.6 Å². The quantitative estimate of drug-likeness (QED) is 0.915. The first-order valence-corrected chi connectivity index (χ1v) is 8.00. The predicted molar refractivity (Wildman–Crippen MR) is 86.3 cm³/mol. The van der Waals surface area contributed by atoms with Crippen molar-refractivity contribution in [2.75, 3.05) is 0 Å². The number of carbonyl (C=O) groups excluding carboxylic acids is 1. The third-order valence-corrected chi connectivity index (χ3v) is 5.19. The molecular weight excluding hydrogens is 291 g/mol. The molecule has 118 valence electrons. The van der Waals surface area contributed by atoms with Crippen LogP contribution in [0.3, 0.4) is 0 Å². The van der Waals surface area contributed by atoms with E-state index in [1.54, 1.807) is 12.1 Å². The molecule has 0 heterocycles. The van der Waals surface area contributed by atoms with E-state index in [0.717, 1.165) is 30.4 Å². The SMILES string of the molecule is NC1c2ccccc2CC1NC(=O)C1(c2ccc(F)cc2)CC1. The third kappa shape index (κ3) is 2.34. The highest BCUT2D eigenvalue weighted by Crippen LogP contribution is 2.48. The number of benzene rings is 2. The van der Waals surface area contributed by atoms with E-state index in [2.05, 4.69) is 11.4 Å².